The van der Waals surface area contributed by atoms with Crippen LogP contribution in [0.3, 0.4) is 0 Å². The molecule has 2 rings (SSSR count). The number of hydrogen-bond acceptors (Lipinski definition) is 7. The maximum absolute atomic E-state index is 11.6. The van der Waals surface area contributed by atoms with Crippen LogP contribution >= 0.6 is 15.9 Å². The first kappa shape index (κ1) is 18.7. The van der Waals surface area contributed by atoms with E-state index >= 15 is 0 Å². The van der Waals surface area contributed by atoms with Gasteiger partial charge in [-0.3, -0.25) is 4.79 Å². The lowest BCUT2D eigenvalue weighted by molar-refractivity contribution is -0.147. The molecule has 0 saturated carbocycles. The van der Waals surface area contributed by atoms with E-state index in [2.05, 4.69) is 36.1 Å². The predicted octanol–water partition coefficient (Wildman–Crippen LogP) is 1.67. The maximum Gasteiger partial charge on any atom is 0.346 e. The van der Waals surface area contributed by atoms with E-state index in [0.717, 1.165) is 0 Å². The third-order valence-corrected chi connectivity index (χ3v) is 3.78. The number of amides is 1. The number of nitrogens with two attached hydrogens (primary N) is 1. The third-order valence-electron chi connectivity index (χ3n) is 3.19. The van der Waals surface area contributed by atoms with Gasteiger partial charge in [0.25, 0.3) is 5.91 Å². The molecule has 10 heteroatoms. The molecular formula is C15H17BrN4O5. The van der Waals surface area contributed by atoms with E-state index in [4.69, 9.17) is 15.2 Å². The number of esters is 1. The molecule has 1 unspecified atom stereocenters. The van der Waals surface area contributed by atoms with Crippen molar-refractivity contribution in [2.24, 2.45) is 5.73 Å². The molecule has 3 N–H and O–H groups in total. The first-order chi connectivity index (χ1) is 11.9. The van der Waals surface area contributed by atoms with Crippen LogP contribution in [0.1, 0.15) is 24.3 Å². The smallest absolute Gasteiger partial charge is 0.346 e. The minimum absolute atomic E-state index is 0.00551. The van der Waals surface area contributed by atoms with E-state index in [-0.39, 0.29) is 11.4 Å². The van der Waals surface area contributed by atoms with Crippen molar-refractivity contribution in [2.75, 3.05) is 13.7 Å². The lowest BCUT2D eigenvalue weighted by atomic mass is 10.1. The minimum Gasteiger partial charge on any atom is -0.490 e. The standard InChI is InChI=1S/C15H17BrN4O5/c1-4-24-10-6-8(11-12(14(17)21)19-20-18-11)5-9(16)13(10)25-7(2)15(22)23-3/h5-7H,4H2,1-3H3,(H2,17,21)(H,18,19,20). The van der Waals surface area contributed by atoms with Gasteiger partial charge in [0, 0.05) is 5.56 Å². The Hall–Kier alpha value is -2.62. The molecule has 1 atom stereocenters. The number of ether oxygens (including phenoxy) is 3. The summed E-state index contributed by atoms with van der Waals surface area (Å²) in [4.78, 5) is 23.0. The molecule has 0 spiro atoms. The zero-order valence-electron chi connectivity index (χ0n) is 13.8. The summed E-state index contributed by atoms with van der Waals surface area (Å²) >= 11 is 3.38. The zero-order valence-corrected chi connectivity index (χ0v) is 15.4. The molecule has 0 fully saturated rings. The van der Waals surface area contributed by atoms with Gasteiger partial charge in [-0.05, 0) is 41.9 Å². The van der Waals surface area contributed by atoms with Crippen LogP contribution in [0.4, 0.5) is 0 Å². The number of aromatic amines is 1. The van der Waals surface area contributed by atoms with Crippen molar-refractivity contribution >= 4 is 27.8 Å². The number of primary amides is 1. The first-order valence-electron chi connectivity index (χ1n) is 7.30. The fourth-order valence-electron chi connectivity index (χ4n) is 2.08. The number of nitrogens with one attached hydrogen (secondary N) is 1. The summed E-state index contributed by atoms with van der Waals surface area (Å²) in [6.45, 7) is 3.73. The number of carbonyl (C=O) groups excluding carboxylic acids is 2. The summed E-state index contributed by atoms with van der Waals surface area (Å²) in [6, 6.07) is 3.28. The Morgan fingerprint density at radius 3 is 2.68 bits per heavy atom. The van der Waals surface area contributed by atoms with Crippen molar-refractivity contribution < 1.29 is 23.8 Å². The Labute approximate surface area is 151 Å². The molecule has 1 aromatic heterocycles. The Balaban J connectivity index is 2.48. The van der Waals surface area contributed by atoms with E-state index in [1.807, 2.05) is 0 Å². The van der Waals surface area contributed by atoms with Crippen LogP contribution in [-0.2, 0) is 9.53 Å². The van der Waals surface area contributed by atoms with Gasteiger partial charge >= 0.3 is 5.97 Å². The molecule has 0 saturated heterocycles. The molecule has 0 aliphatic carbocycles. The number of benzene rings is 1. The van der Waals surface area contributed by atoms with Crippen molar-refractivity contribution in [1.29, 1.82) is 0 Å². The summed E-state index contributed by atoms with van der Waals surface area (Å²) in [7, 11) is 1.28. The van der Waals surface area contributed by atoms with Gasteiger partial charge in [0.1, 0.15) is 5.69 Å². The number of rotatable bonds is 7. The second-order valence-corrected chi connectivity index (χ2v) is 5.74. The van der Waals surface area contributed by atoms with E-state index in [1.165, 1.54) is 7.11 Å². The Morgan fingerprint density at radius 2 is 2.08 bits per heavy atom. The Kier molecular flexibility index (Phi) is 5.97. The molecule has 25 heavy (non-hydrogen) atoms. The zero-order chi connectivity index (χ0) is 18.6. The second-order valence-electron chi connectivity index (χ2n) is 4.89. The van der Waals surface area contributed by atoms with Crippen molar-refractivity contribution in [3.05, 3.63) is 22.3 Å². The number of carbonyl (C=O) groups is 2. The number of nitrogens with zero attached hydrogens (tertiary/aromatic N) is 2. The highest BCUT2D eigenvalue weighted by Gasteiger charge is 2.23. The third kappa shape index (κ3) is 4.08. The van der Waals surface area contributed by atoms with E-state index in [0.29, 0.717) is 28.1 Å². The summed E-state index contributed by atoms with van der Waals surface area (Å²) in [5, 5.41) is 10.1. The van der Waals surface area contributed by atoms with Gasteiger partial charge in [0.2, 0.25) is 0 Å². The van der Waals surface area contributed by atoms with E-state index in [1.54, 1.807) is 26.0 Å². The largest absolute Gasteiger partial charge is 0.490 e. The topological polar surface area (TPSA) is 129 Å². The lowest BCUT2D eigenvalue weighted by Gasteiger charge is -2.18. The minimum atomic E-state index is -0.834. The monoisotopic (exact) mass is 412 g/mol. The molecular weight excluding hydrogens is 396 g/mol. The predicted molar refractivity (Wildman–Crippen MR) is 91.3 cm³/mol. The van der Waals surface area contributed by atoms with Crippen LogP contribution in [0.25, 0.3) is 11.3 Å². The molecule has 9 nitrogen and oxygen atoms in total. The van der Waals surface area contributed by atoms with Crippen LogP contribution in [0.15, 0.2) is 16.6 Å². The van der Waals surface area contributed by atoms with Gasteiger partial charge in [-0.1, -0.05) is 0 Å². The highest BCUT2D eigenvalue weighted by molar-refractivity contribution is 9.10. The highest BCUT2D eigenvalue weighted by Crippen LogP contribution is 2.40. The van der Waals surface area contributed by atoms with Crippen LogP contribution in [0.2, 0.25) is 0 Å². The first-order valence-corrected chi connectivity index (χ1v) is 8.10. The van der Waals surface area contributed by atoms with Gasteiger partial charge in [0.05, 0.1) is 18.2 Å². The van der Waals surface area contributed by atoms with Crippen molar-refractivity contribution in [2.45, 2.75) is 20.0 Å². The average molecular weight is 413 g/mol. The summed E-state index contributed by atoms with van der Waals surface area (Å²) in [6.07, 6.45) is -0.834. The van der Waals surface area contributed by atoms with Crippen LogP contribution < -0.4 is 15.2 Å². The van der Waals surface area contributed by atoms with Crippen molar-refractivity contribution in [3.63, 3.8) is 0 Å². The number of aromatic nitrogens is 3. The number of H-pyrrole nitrogens is 1. The summed E-state index contributed by atoms with van der Waals surface area (Å²) < 4.78 is 16.4. The Morgan fingerprint density at radius 1 is 1.36 bits per heavy atom. The number of hydrogen-bond donors (Lipinski definition) is 2. The second kappa shape index (κ2) is 7.97. The fourth-order valence-corrected chi connectivity index (χ4v) is 2.61. The molecule has 2 aromatic rings. The molecule has 0 bridgehead atoms. The molecule has 134 valence electrons. The summed E-state index contributed by atoms with van der Waals surface area (Å²) in [5.74, 6) is -0.544. The van der Waals surface area contributed by atoms with Gasteiger partial charge in [0.15, 0.2) is 23.3 Å². The number of methoxy groups -OCH3 is 1. The van der Waals surface area contributed by atoms with Gasteiger partial charge in [-0.15, -0.1) is 0 Å². The van der Waals surface area contributed by atoms with Crippen LogP contribution in [0.5, 0.6) is 11.5 Å². The van der Waals surface area contributed by atoms with E-state index < -0.39 is 18.0 Å². The SMILES string of the molecule is CCOc1cc(-c2n[nH]nc2C(N)=O)cc(Br)c1OC(C)C(=O)OC. The average Bonchev–Trinajstić information content (AvgIpc) is 3.06. The highest BCUT2D eigenvalue weighted by atomic mass is 79.9. The quantitative estimate of drug-likeness (QED) is 0.661. The molecule has 1 amide bonds. The van der Waals surface area contributed by atoms with Crippen molar-refractivity contribution in [3.8, 4) is 22.8 Å². The normalized spacial score (nSPS) is 11.7. The van der Waals surface area contributed by atoms with Crippen LogP contribution in [0, 0.1) is 0 Å². The van der Waals surface area contributed by atoms with Crippen LogP contribution in [-0.4, -0.2) is 47.1 Å². The summed E-state index contributed by atoms with van der Waals surface area (Å²) in [5.41, 5.74) is 6.12. The van der Waals surface area contributed by atoms with Gasteiger partial charge in [-0.25, -0.2) is 4.79 Å². The van der Waals surface area contributed by atoms with E-state index in [9.17, 15) is 9.59 Å². The Bertz CT molecular complexity index is 792. The maximum atomic E-state index is 11.6. The van der Waals surface area contributed by atoms with Gasteiger partial charge < -0.3 is 19.9 Å². The van der Waals surface area contributed by atoms with Gasteiger partial charge in [-0.2, -0.15) is 15.4 Å². The fraction of sp³-hybridized carbons (Fsp3) is 0.333. The molecule has 0 radical (unpaired) electrons. The molecule has 1 aromatic carbocycles. The molecule has 0 aliphatic heterocycles. The lowest BCUT2D eigenvalue weighted by Crippen LogP contribution is -2.25. The van der Waals surface area contributed by atoms with Crippen molar-refractivity contribution in [1.82, 2.24) is 15.4 Å². The molecule has 0 aliphatic rings. The molecule has 1 heterocycles. The number of halogens is 1.